The van der Waals surface area contributed by atoms with E-state index < -0.39 is 0 Å². The second kappa shape index (κ2) is 8.75. The van der Waals surface area contributed by atoms with Crippen LogP contribution in [0, 0.1) is 5.92 Å². The number of fused-ring (bicyclic) bond motifs is 2. The van der Waals surface area contributed by atoms with E-state index in [0.29, 0.717) is 6.04 Å². The zero-order valence-corrected chi connectivity index (χ0v) is 18.8. The van der Waals surface area contributed by atoms with Crippen LogP contribution < -0.4 is 5.32 Å². The third kappa shape index (κ3) is 4.00. The predicted octanol–water partition coefficient (Wildman–Crippen LogP) is 5.62. The zero-order valence-electron chi connectivity index (χ0n) is 18.8. The Morgan fingerprint density at radius 3 is 2.72 bits per heavy atom. The first kappa shape index (κ1) is 20.7. The van der Waals surface area contributed by atoms with Gasteiger partial charge in [0.1, 0.15) is 5.82 Å². The molecule has 0 aliphatic carbocycles. The van der Waals surface area contributed by atoms with Gasteiger partial charge in [-0.2, -0.15) is 0 Å². The molecule has 164 valence electrons. The molecule has 0 unspecified atom stereocenters. The van der Waals surface area contributed by atoms with E-state index in [-0.39, 0.29) is 11.8 Å². The number of hydrogen-bond donors (Lipinski definition) is 1. The maximum Gasteiger partial charge on any atom is 0.228 e. The van der Waals surface area contributed by atoms with Crippen LogP contribution in [-0.2, 0) is 11.3 Å². The first-order valence-electron chi connectivity index (χ1n) is 11.6. The van der Waals surface area contributed by atoms with Crippen molar-refractivity contribution in [2.45, 2.75) is 39.3 Å². The fraction of sp³-hybridized carbons (Fsp3) is 0.333. The first-order valence-corrected chi connectivity index (χ1v) is 11.6. The van der Waals surface area contributed by atoms with Crippen LogP contribution in [-0.4, -0.2) is 33.4 Å². The summed E-state index contributed by atoms with van der Waals surface area (Å²) in [5.41, 5.74) is 3.12. The van der Waals surface area contributed by atoms with E-state index in [0.717, 1.165) is 60.3 Å². The second-order valence-electron chi connectivity index (χ2n) is 9.07. The highest BCUT2D eigenvalue weighted by Crippen LogP contribution is 2.27. The van der Waals surface area contributed by atoms with E-state index in [1.165, 1.54) is 5.52 Å². The maximum absolute atomic E-state index is 13.2. The third-order valence-corrected chi connectivity index (χ3v) is 6.47. The van der Waals surface area contributed by atoms with Crippen molar-refractivity contribution < 1.29 is 4.79 Å². The van der Waals surface area contributed by atoms with Crippen LogP contribution in [0.5, 0.6) is 0 Å². The number of likely N-dealkylation sites (tertiary alicyclic amines) is 1. The van der Waals surface area contributed by atoms with Gasteiger partial charge in [-0.25, -0.2) is 4.98 Å². The molecule has 5 nitrogen and oxygen atoms in total. The Labute approximate surface area is 189 Å². The van der Waals surface area contributed by atoms with Crippen molar-refractivity contribution in [1.29, 1.82) is 0 Å². The summed E-state index contributed by atoms with van der Waals surface area (Å²) >= 11 is 0. The molecule has 1 aliphatic heterocycles. The number of nitrogens with one attached hydrogen (secondary N) is 1. The van der Waals surface area contributed by atoms with Crippen molar-refractivity contribution in [3.63, 3.8) is 0 Å². The molecule has 5 heteroatoms. The van der Waals surface area contributed by atoms with Crippen molar-refractivity contribution in [2.75, 3.05) is 18.4 Å². The quantitative estimate of drug-likeness (QED) is 0.450. The van der Waals surface area contributed by atoms with Gasteiger partial charge in [-0.1, -0.05) is 48.5 Å². The predicted molar refractivity (Wildman–Crippen MR) is 131 cm³/mol. The van der Waals surface area contributed by atoms with Crippen LogP contribution in [0.3, 0.4) is 0 Å². The summed E-state index contributed by atoms with van der Waals surface area (Å²) in [6.07, 6.45) is 1.95. The molecule has 0 spiro atoms. The van der Waals surface area contributed by atoms with Gasteiger partial charge in [0.2, 0.25) is 5.91 Å². The number of amides is 1. The molecule has 32 heavy (non-hydrogen) atoms. The molecule has 0 saturated carbocycles. The Morgan fingerprint density at radius 1 is 1.06 bits per heavy atom. The summed E-state index contributed by atoms with van der Waals surface area (Å²) in [5, 5.41) is 5.43. The molecule has 3 aromatic carbocycles. The molecule has 1 atom stereocenters. The highest BCUT2D eigenvalue weighted by molar-refractivity contribution is 6.02. The number of nitrogens with zero attached hydrogens (tertiary/aromatic N) is 3. The van der Waals surface area contributed by atoms with Crippen molar-refractivity contribution in [3.05, 3.63) is 72.6 Å². The number of piperidine rings is 1. The molecule has 4 aromatic rings. The monoisotopic (exact) mass is 426 g/mol. The Morgan fingerprint density at radius 2 is 1.84 bits per heavy atom. The molecule has 1 aromatic heterocycles. The minimum absolute atomic E-state index is 0.0143. The van der Waals surface area contributed by atoms with Crippen LogP contribution in [0.1, 0.15) is 38.6 Å². The van der Waals surface area contributed by atoms with Gasteiger partial charge in [0.25, 0.3) is 0 Å². The van der Waals surface area contributed by atoms with Crippen molar-refractivity contribution >= 4 is 33.4 Å². The number of carbonyl (C=O) groups excluding carboxylic acids is 1. The molecule has 0 bridgehead atoms. The average molecular weight is 427 g/mol. The lowest BCUT2D eigenvalue weighted by Gasteiger charge is -2.32. The fourth-order valence-electron chi connectivity index (χ4n) is 4.96. The SMILES string of the molecule is CC(C)n1c(CN2CCC[C@H](C(=O)Nc3cccc4ccccc34)C2)nc2ccccc21. The number of para-hydroxylation sites is 2. The third-order valence-electron chi connectivity index (χ3n) is 6.47. The van der Waals surface area contributed by atoms with Gasteiger partial charge in [-0.15, -0.1) is 0 Å². The van der Waals surface area contributed by atoms with E-state index >= 15 is 0 Å². The molecular weight excluding hydrogens is 396 g/mol. The summed E-state index contributed by atoms with van der Waals surface area (Å²) in [4.78, 5) is 20.5. The van der Waals surface area contributed by atoms with E-state index in [2.05, 4.69) is 65.0 Å². The van der Waals surface area contributed by atoms with Crippen LogP contribution in [0.2, 0.25) is 0 Å². The Hall–Kier alpha value is -3.18. The molecule has 5 rings (SSSR count). The zero-order chi connectivity index (χ0) is 22.1. The van der Waals surface area contributed by atoms with Crippen LogP contribution >= 0.6 is 0 Å². The van der Waals surface area contributed by atoms with Gasteiger partial charge in [0, 0.05) is 23.7 Å². The first-order chi connectivity index (χ1) is 15.6. The largest absolute Gasteiger partial charge is 0.325 e. The molecular formula is C27H30N4O. The Balaban J connectivity index is 1.32. The van der Waals surface area contributed by atoms with Crippen molar-refractivity contribution in [3.8, 4) is 0 Å². The van der Waals surface area contributed by atoms with Crippen molar-refractivity contribution in [2.24, 2.45) is 5.92 Å². The molecule has 1 amide bonds. The van der Waals surface area contributed by atoms with Crippen molar-refractivity contribution in [1.82, 2.24) is 14.5 Å². The van der Waals surface area contributed by atoms with Crippen LogP contribution in [0.15, 0.2) is 66.7 Å². The summed E-state index contributed by atoms with van der Waals surface area (Å²) < 4.78 is 2.33. The summed E-state index contributed by atoms with van der Waals surface area (Å²) in [7, 11) is 0. The average Bonchev–Trinajstić information content (AvgIpc) is 3.17. The number of rotatable bonds is 5. The molecule has 2 heterocycles. The minimum atomic E-state index is -0.0143. The number of benzene rings is 3. The second-order valence-corrected chi connectivity index (χ2v) is 9.07. The van der Waals surface area contributed by atoms with Gasteiger partial charge >= 0.3 is 0 Å². The van der Waals surface area contributed by atoms with E-state index in [1.807, 2.05) is 30.3 Å². The normalized spacial score (nSPS) is 17.3. The van der Waals surface area contributed by atoms with Gasteiger partial charge < -0.3 is 9.88 Å². The highest BCUT2D eigenvalue weighted by Gasteiger charge is 2.27. The van der Waals surface area contributed by atoms with Gasteiger partial charge in [-0.3, -0.25) is 9.69 Å². The number of hydrogen-bond acceptors (Lipinski definition) is 3. The van der Waals surface area contributed by atoms with Gasteiger partial charge in [-0.05, 0) is 56.8 Å². The standard InChI is InChI=1S/C27H30N4O/c1-19(2)31-25-15-6-5-13-24(25)28-26(31)18-30-16-8-11-21(17-30)27(32)29-23-14-7-10-20-9-3-4-12-22(20)23/h3-7,9-10,12-15,19,21H,8,11,16-18H2,1-2H3,(H,29,32)/t21-/m0/s1. The van der Waals surface area contributed by atoms with E-state index in [4.69, 9.17) is 4.98 Å². The number of imidazole rings is 1. The van der Waals surface area contributed by atoms with Gasteiger partial charge in [0.15, 0.2) is 0 Å². The lowest BCUT2D eigenvalue weighted by Crippen LogP contribution is -2.40. The number of aromatic nitrogens is 2. The molecule has 1 fully saturated rings. The van der Waals surface area contributed by atoms with Crippen LogP contribution in [0.4, 0.5) is 5.69 Å². The molecule has 1 N–H and O–H groups in total. The van der Waals surface area contributed by atoms with E-state index in [1.54, 1.807) is 0 Å². The molecule has 0 radical (unpaired) electrons. The fourth-order valence-corrected chi connectivity index (χ4v) is 4.96. The minimum Gasteiger partial charge on any atom is -0.325 e. The molecule has 1 saturated heterocycles. The lowest BCUT2D eigenvalue weighted by molar-refractivity contribution is -0.121. The van der Waals surface area contributed by atoms with E-state index in [9.17, 15) is 4.79 Å². The topological polar surface area (TPSA) is 50.2 Å². The lowest BCUT2D eigenvalue weighted by atomic mass is 9.96. The summed E-state index contributed by atoms with van der Waals surface area (Å²) in [6.45, 7) is 6.94. The summed E-state index contributed by atoms with van der Waals surface area (Å²) in [6, 6.07) is 22.9. The Bertz CT molecular complexity index is 1250. The Kier molecular flexibility index (Phi) is 5.66. The summed E-state index contributed by atoms with van der Waals surface area (Å²) in [5.74, 6) is 1.18. The molecule has 1 aliphatic rings. The smallest absolute Gasteiger partial charge is 0.228 e. The number of anilines is 1. The van der Waals surface area contributed by atoms with Gasteiger partial charge in [0.05, 0.1) is 23.5 Å². The highest BCUT2D eigenvalue weighted by atomic mass is 16.1. The van der Waals surface area contributed by atoms with Crippen LogP contribution in [0.25, 0.3) is 21.8 Å². The number of carbonyl (C=O) groups is 1. The maximum atomic E-state index is 13.2.